The predicted molar refractivity (Wildman–Crippen MR) is 43.8 cm³/mol. The van der Waals surface area contributed by atoms with Crippen molar-refractivity contribution in [2.75, 3.05) is 13.1 Å². The van der Waals surface area contributed by atoms with Crippen molar-refractivity contribution < 1.29 is 0 Å². The van der Waals surface area contributed by atoms with Gasteiger partial charge in [-0.05, 0) is 6.92 Å². The van der Waals surface area contributed by atoms with Crippen LogP contribution in [0.3, 0.4) is 0 Å². The van der Waals surface area contributed by atoms with E-state index in [-0.39, 0.29) is 0 Å². The Morgan fingerprint density at radius 1 is 1.40 bits per heavy atom. The molecule has 0 aromatic rings. The highest BCUT2D eigenvalue weighted by molar-refractivity contribution is 4.91. The molecule has 1 saturated heterocycles. The summed E-state index contributed by atoms with van der Waals surface area (Å²) in [6.07, 6.45) is 4.82. The molecule has 2 N–H and O–H groups in total. The van der Waals surface area contributed by atoms with Crippen molar-refractivity contribution >= 4 is 0 Å². The van der Waals surface area contributed by atoms with E-state index in [0.717, 1.165) is 13.1 Å². The number of hydrogen-bond donors (Lipinski definition) is 2. The lowest BCUT2D eigenvalue weighted by Crippen LogP contribution is -2.36. The van der Waals surface area contributed by atoms with Crippen molar-refractivity contribution in [2.45, 2.75) is 20.0 Å². The molecule has 1 heterocycles. The topological polar surface area (TPSA) is 24.1 Å². The lowest BCUT2D eigenvalue weighted by Gasteiger charge is -2.15. The monoisotopic (exact) mass is 140 g/mol. The smallest absolute Gasteiger partial charge is 0.0634 e. The average Bonchev–Trinajstić information content (AvgIpc) is 2.38. The summed E-state index contributed by atoms with van der Waals surface area (Å²) in [5.74, 6) is 0.604. The maximum atomic E-state index is 3.38. The van der Waals surface area contributed by atoms with Gasteiger partial charge in [0.25, 0.3) is 0 Å². The van der Waals surface area contributed by atoms with Crippen LogP contribution in [0.25, 0.3) is 0 Å². The Bertz CT molecular complexity index is 114. The maximum Gasteiger partial charge on any atom is 0.0634 e. The summed E-state index contributed by atoms with van der Waals surface area (Å²) in [5, 5.41) is 6.76. The maximum absolute atomic E-state index is 3.38. The lowest BCUT2D eigenvalue weighted by molar-refractivity contribution is 0.451. The van der Waals surface area contributed by atoms with Gasteiger partial charge in [-0.25, -0.2) is 0 Å². The third kappa shape index (κ3) is 1.82. The summed E-state index contributed by atoms with van der Waals surface area (Å²) in [4.78, 5) is 0. The van der Waals surface area contributed by atoms with E-state index >= 15 is 0 Å². The van der Waals surface area contributed by atoms with E-state index in [1.807, 2.05) is 0 Å². The van der Waals surface area contributed by atoms with Gasteiger partial charge in [-0.3, -0.25) is 0 Å². The molecular formula is C8H16N2. The van der Waals surface area contributed by atoms with E-state index in [2.05, 4.69) is 36.6 Å². The van der Waals surface area contributed by atoms with E-state index < -0.39 is 0 Å². The third-order valence-electron chi connectivity index (χ3n) is 1.88. The highest BCUT2D eigenvalue weighted by Gasteiger charge is 2.16. The summed E-state index contributed by atoms with van der Waals surface area (Å²) in [6, 6.07) is 0. The average molecular weight is 140 g/mol. The van der Waals surface area contributed by atoms with Crippen LogP contribution < -0.4 is 10.6 Å². The Morgan fingerprint density at radius 3 is 2.50 bits per heavy atom. The second-order valence-corrected chi connectivity index (χ2v) is 2.77. The molecule has 10 heavy (non-hydrogen) atoms. The largest absolute Gasteiger partial charge is 0.300 e. The quantitative estimate of drug-likeness (QED) is 0.552. The van der Waals surface area contributed by atoms with Gasteiger partial charge < -0.3 is 10.6 Å². The minimum Gasteiger partial charge on any atom is -0.300 e. The van der Waals surface area contributed by atoms with Crippen LogP contribution in [0.2, 0.25) is 0 Å². The summed E-state index contributed by atoms with van der Waals surface area (Å²) < 4.78 is 0. The highest BCUT2D eigenvalue weighted by atomic mass is 15.2. The molecule has 58 valence electrons. The van der Waals surface area contributed by atoms with Gasteiger partial charge in [-0.15, -0.1) is 0 Å². The molecule has 0 aliphatic carbocycles. The molecule has 0 spiro atoms. The normalized spacial score (nSPS) is 24.2. The fourth-order valence-electron chi connectivity index (χ4n) is 1.31. The second kappa shape index (κ2) is 3.74. The first-order chi connectivity index (χ1) is 4.84. The molecule has 2 nitrogen and oxygen atoms in total. The molecule has 0 radical (unpaired) electrons. The molecule has 1 aliphatic heterocycles. The molecule has 0 aromatic heterocycles. The molecule has 1 fully saturated rings. The van der Waals surface area contributed by atoms with Crippen LogP contribution >= 0.6 is 0 Å². The van der Waals surface area contributed by atoms with Crippen LogP contribution in [-0.2, 0) is 0 Å². The minimum atomic E-state index is 0.496. The van der Waals surface area contributed by atoms with Crippen LogP contribution in [0, 0.1) is 5.92 Å². The van der Waals surface area contributed by atoms with Gasteiger partial charge in [0.1, 0.15) is 0 Å². The van der Waals surface area contributed by atoms with Gasteiger partial charge in [-0.2, -0.15) is 0 Å². The Kier molecular flexibility index (Phi) is 2.90. The molecule has 0 bridgehead atoms. The summed E-state index contributed by atoms with van der Waals surface area (Å²) in [5.41, 5.74) is 0. The van der Waals surface area contributed by atoms with E-state index in [1.165, 1.54) is 0 Å². The molecule has 0 aromatic carbocycles. The lowest BCUT2D eigenvalue weighted by atomic mass is 10.1. The minimum absolute atomic E-state index is 0.496. The molecule has 1 aliphatic rings. The number of hydrogen-bond acceptors (Lipinski definition) is 2. The van der Waals surface area contributed by atoms with Crippen molar-refractivity contribution in [1.29, 1.82) is 0 Å². The van der Waals surface area contributed by atoms with Crippen molar-refractivity contribution in [2.24, 2.45) is 5.92 Å². The van der Waals surface area contributed by atoms with Gasteiger partial charge in [0, 0.05) is 19.0 Å². The number of rotatable bonds is 2. The first kappa shape index (κ1) is 7.76. The van der Waals surface area contributed by atoms with Crippen molar-refractivity contribution in [1.82, 2.24) is 10.6 Å². The van der Waals surface area contributed by atoms with Crippen LogP contribution in [-0.4, -0.2) is 19.3 Å². The second-order valence-electron chi connectivity index (χ2n) is 2.77. The van der Waals surface area contributed by atoms with Crippen LogP contribution in [0.5, 0.6) is 0 Å². The van der Waals surface area contributed by atoms with Gasteiger partial charge in [-0.1, -0.05) is 19.1 Å². The van der Waals surface area contributed by atoms with Gasteiger partial charge in [0.15, 0.2) is 0 Å². The molecule has 1 unspecified atom stereocenters. The van der Waals surface area contributed by atoms with Crippen LogP contribution in [0.1, 0.15) is 13.8 Å². The Labute approximate surface area is 62.7 Å². The zero-order valence-corrected chi connectivity index (χ0v) is 6.72. The van der Waals surface area contributed by atoms with E-state index in [4.69, 9.17) is 0 Å². The molecule has 2 heteroatoms. The van der Waals surface area contributed by atoms with E-state index in [1.54, 1.807) is 0 Å². The number of allylic oxidation sites excluding steroid dienone is 1. The van der Waals surface area contributed by atoms with E-state index in [9.17, 15) is 0 Å². The number of nitrogens with one attached hydrogen (secondary N) is 2. The van der Waals surface area contributed by atoms with Gasteiger partial charge in [0.2, 0.25) is 0 Å². The Hall–Kier alpha value is -0.340. The fourth-order valence-corrected chi connectivity index (χ4v) is 1.31. The SMILES string of the molecule is C/C=C/C(C)C1NCCN1. The summed E-state index contributed by atoms with van der Waals surface area (Å²) in [7, 11) is 0. The van der Waals surface area contributed by atoms with Crippen molar-refractivity contribution in [3.8, 4) is 0 Å². The van der Waals surface area contributed by atoms with E-state index in [0.29, 0.717) is 12.1 Å². The summed E-state index contributed by atoms with van der Waals surface area (Å²) in [6.45, 7) is 6.49. The Balaban J connectivity index is 2.32. The van der Waals surface area contributed by atoms with Gasteiger partial charge in [0.05, 0.1) is 6.17 Å². The van der Waals surface area contributed by atoms with Crippen LogP contribution in [0.4, 0.5) is 0 Å². The summed E-state index contributed by atoms with van der Waals surface area (Å²) >= 11 is 0. The Morgan fingerprint density at radius 2 is 2.00 bits per heavy atom. The van der Waals surface area contributed by atoms with Crippen molar-refractivity contribution in [3.63, 3.8) is 0 Å². The molecular weight excluding hydrogens is 124 g/mol. The standard InChI is InChI=1S/C8H16N2/c1-3-4-7(2)8-9-5-6-10-8/h3-4,7-10H,5-6H2,1-2H3/b4-3+. The molecule has 0 saturated carbocycles. The van der Waals surface area contributed by atoms with Crippen LogP contribution in [0.15, 0.2) is 12.2 Å². The zero-order chi connectivity index (χ0) is 7.40. The molecule has 1 rings (SSSR count). The zero-order valence-electron chi connectivity index (χ0n) is 6.72. The third-order valence-corrected chi connectivity index (χ3v) is 1.88. The first-order valence-corrected chi connectivity index (χ1v) is 3.94. The molecule has 1 atom stereocenters. The van der Waals surface area contributed by atoms with Gasteiger partial charge >= 0.3 is 0 Å². The molecule has 0 amide bonds. The highest BCUT2D eigenvalue weighted by Crippen LogP contribution is 2.04. The first-order valence-electron chi connectivity index (χ1n) is 3.94. The predicted octanol–water partition coefficient (Wildman–Crippen LogP) is 0.717. The fraction of sp³-hybridized carbons (Fsp3) is 0.750. The van der Waals surface area contributed by atoms with Crippen molar-refractivity contribution in [3.05, 3.63) is 12.2 Å².